The van der Waals surface area contributed by atoms with Gasteiger partial charge in [0.2, 0.25) is 0 Å². The second kappa shape index (κ2) is 4.91. The van der Waals surface area contributed by atoms with Gasteiger partial charge in [0.1, 0.15) is 0 Å². The molecule has 0 heterocycles. The summed E-state index contributed by atoms with van der Waals surface area (Å²) < 4.78 is 0. The van der Waals surface area contributed by atoms with Gasteiger partial charge in [0.15, 0.2) is 0 Å². The lowest BCUT2D eigenvalue weighted by atomic mass is 9.50. The molecular weight excluding hydrogens is 304 g/mol. The van der Waals surface area contributed by atoms with E-state index in [1.54, 1.807) is 0 Å². The number of carbonyl (C=O) groups is 1. The van der Waals surface area contributed by atoms with Gasteiger partial charge in [0, 0.05) is 0 Å². The lowest BCUT2D eigenvalue weighted by Crippen LogP contribution is -2.68. The van der Waals surface area contributed by atoms with Gasteiger partial charge in [-0.05, 0) is 67.1 Å². The molecule has 0 aromatic rings. The summed E-state index contributed by atoms with van der Waals surface area (Å²) >= 11 is 0. The molecule has 0 radical (unpaired) electrons. The van der Waals surface area contributed by atoms with Crippen LogP contribution in [0, 0.1) is 23.2 Å². The highest BCUT2D eigenvalue weighted by atomic mass is 29.6. The van der Waals surface area contributed by atoms with Crippen LogP contribution in [-0.2, 0) is 4.79 Å². The molecule has 0 unspecified atom stereocenters. The van der Waals surface area contributed by atoms with Gasteiger partial charge < -0.3 is 4.79 Å². The maximum absolute atomic E-state index is 13.8. The maximum atomic E-state index is 13.8. The Kier molecular flexibility index (Phi) is 3.78. The predicted octanol–water partition coefficient (Wildman–Crippen LogP) is 4.64. The molecular formula is C17H33OSi3-. The third-order valence-electron chi connectivity index (χ3n) is 6.25. The Balaban J connectivity index is 1.93. The van der Waals surface area contributed by atoms with E-state index in [4.69, 9.17) is 0 Å². The highest BCUT2D eigenvalue weighted by Crippen LogP contribution is 2.60. The topological polar surface area (TPSA) is 17.1 Å². The second-order valence-corrected chi connectivity index (χ2v) is 34.1. The summed E-state index contributed by atoms with van der Waals surface area (Å²) in [5, 5.41) is 0.852. The Bertz CT molecular complexity index is 395. The van der Waals surface area contributed by atoms with Crippen LogP contribution in [0.4, 0.5) is 0 Å². The summed E-state index contributed by atoms with van der Waals surface area (Å²) in [6, 6.07) is 0. The predicted molar refractivity (Wildman–Crippen MR) is 98.1 cm³/mol. The van der Waals surface area contributed by atoms with Crippen molar-refractivity contribution in [3.63, 3.8) is 0 Å². The first-order chi connectivity index (χ1) is 9.51. The van der Waals surface area contributed by atoms with Crippen molar-refractivity contribution >= 4 is 28.4 Å². The molecule has 1 nitrogen and oxygen atoms in total. The Labute approximate surface area is 134 Å². The minimum atomic E-state index is -1.32. The zero-order valence-corrected chi connectivity index (χ0v) is 17.9. The van der Waals surface area contributed by atoms with Crippen molar-refractivity contribution in [2.45, 2.75) is 77.8 Å². The molecule has 4 bridgehead atoms. The van der Waals surface area contributed by atoms with Crippen molar-refractivity contribution in [1.82, 2.24) is 0 Å². The molecule has 4 rings (SSSR count). The van der Waals surface area contributed by atoms with Crippen LogP contribution in [0.3, 0.4) is 0 Å². The molecule has 0 atom stereocenters. The summed E-state index contributed by atoms with van der Waals surface area (Å²) in [5.41, 5.74) is 0.170. The average molecular weight is 338 g/mol. The molecule has 21 heavy (non-hydrogen) atoms. The van der Waals surface area contributed by atoms with Crippen LogP contribution in [-0.4, -0.2) is 28.4 Å². The highest BCUT2D eigenvalue weighted by Gasteiger charge is 2.53. The van der Waals surface area contributed by atoms with E-state index in [-0.39, 0.29) is 5.41 Å². The molecule has 4 aliphatic rings. The molecule has 0 N–H and O–H groups in total. The van der Waals surface area contributed by atoms with E-state index in [1.807, 2.05) is 0 Å². The zero-order chi connectivity index (χ0) is 15.6. The summed E-state index contributed by atoms with van der Waals surface area (Å²) in [6.07, 6.45) is 8.19. The third-order valence-corrected chi connectivity index (χ3v) is 34.1. The van der Waals surface area contributed by atoms with Crippen LogP contribution in [0.5, 0.6) is 0 Å². The summed E-state index contributed by atoms with van der Waals surface area (Å²) in [4.78, 5) is 13.8. The van der Waals surface area contributed by atoms with E-state index in [9.17, 15) is 4.79 Å². The summed E-state index contributed by atoms with van der Waals surface area (Å²) in [5.74, 6) is 2.73. The van der Waals surface area contributed by atoms with Crippen molar-refractivity contribution < 1.29 is 4.79 Å². The Hall–Kier alpha value is 0.321. The second-order valence-electron chi connectivity index (χ2n) is 10.4. The van der Waals surface area contributed by atoms with Gasteiger partial charge in [-0.2, -0.15) is 0 Å². The molecule has 4 fully saturated rings. The van der Waals surface area contributed by atoms with Crippen molar-refractivity contribution in [2.24, 2.45) is 23.2 Å². The molecule has 4 aliphatic carbocycles. The number of hydrogen-bond acceptors (Lipinski definition) is 1. The van der Waals surface area contributed by atoms with Crippen LogP contribution < -0.4 is 0 Å². The van der Waals surface area contributed by atoms with E-state index in [2.05, 4.69) is 39.3 Å². The van der Waals surface area contributed by atoms with Crippen LogP contribution in [0.1, 0.15) is 38.5 Å². The molecule has 0 aromatic heterocycles. The largest absolute Gasteiger partial charge is 0.341 e. The average Bonchev–Trinajstić information content (AvgIpc) is 2.22. The fourth-order valence-corrected chi connectivity index (χ4v) is 43.6. The molecule has 120 valence electrons. The smallest absolute Gasteiger partial charge is 0.00460 e. The van der Waals surface area contributed by atoms with Gasteiger partial charge in [-0.1, -0.05) is 54.5 Å². The zero-order valence-electron chi connectivity index (χ0n) is 14.9. The Morgan fingerprint density at radius 2 is 1.14 bits per heavy atom. The quantitative estimate of drug-likeness (QED) is 0.683. The minimum Gasteiger partial charge on any atom is -0.341 e. The lowest BCUT2D eigenvalue weighted by Gasteiger charge is -2.63. The van der Waals surface area contributed by atoms with Crippen molar-refractivity contribution in [1.29, 1.82) is 0 Å². The standard InChI is InChI=1S/C17H33OSi3/c1-20(2,3)19(21(4,5)6)16(18)17-10-13-7-14(11-17)9-15(8-13)12-17/h13-15H,7-12H2,1-6H3/q-1. The van der Waals surface area contributed by atoms with E-state index in [0.717, 1.165) is 23.2 Å². The van der Waals surface area contributed by atoms with E-state index in [1.165, 1.54) is 38.5 Å². The van der Waals surface area contributed by atoms with Crippen molar-refractivity contribution in [2.75, 3.05) is 0 Å². The first-order valence-electron chi connectivity index (χ1n) is 8.94. The normalized spacial score (nSPS) is 38.7. The molecule has 0 saturated heterocycles. The van der Waals surface area contributed by atoms with Crippen LogP contribution in [0.15, 0.2) is 0 Å². The molecule has 4 saturated carbocycles. The van der Waals surface area contributed by atoms with Crippen molar-refractivity contribution in [3.05, 3.63) is 0 Å². The highest BCUT2D eigenvalue weighted by molar-refractivity contribution is 7.68. The van der Waals surface area contributed by atoms with Gasteiger partial charge >= 0.3 is 0 Å². The fourth-order valence-electron chi connectivity index (χ4n) is 6.46. The number of carbonyl (C=O) groups excluding carboxylic acids is 1. The van der Waals surface area contributed by atoms with Crippen LogP contribution >= 0.6 is 0 Å². The van der Waals surface area contributed by atoms with Gasteiger partial charge in [-0.3, -0.25) is 0 Å². The van der Waals surface area contributed by atoms with Crippen LogP contribution in [0.2, 0.25) is 39.3 Å². The van der Waals surface area contributed by atoms with Gasteiger partial charge in [0.05, 0.1) is 0 Å². The fraction of sp³-hybridized carbons (Fsp3) is 0.941. The van der Waals surface area contributed by atoms with Gasteiger partial charge in [0.25, 0.3) is 0 Å². The molecule has 0 aliphatic heterocycles. The first kappa shape index (κ1) is 16.2. The molecule has 0 spiro atoms. The van der Waals surface area contributed by atoms with Crippen molar-refractivity contribution in [3.8, 4) is 0 Å². The van der Waals surface area contributed by atoms with E-state index in [0.29, 0.717) is 0 Å². The Morgan fingerprint density at radius 3 is 1.43 bits per heavy atom. The lowest BCUT2D eigenvalue weighted by molar-refractivity contribution is -0.135. The molecule has 0 amide bonds. The number of hydrogen-bond donors (Lipinski definition) is 0. The molecule has 0 aromatic carbocycles. The maximum Gasteiger partial charge on any atom is -0.00460 e. The van der Waals surface area contributed by atoms with Crippen LogP contribution in [0.25, 0.3) is 0 Å². The van der Waals surface area contributed by atoms with E-state index >= 15 is 0 Å². The first-order valence-corrected chi connectivity index (χ1v) is 19.4. The monoisotopic (exact) mass is 337 g/mol. The SMILES string of the molecule is C[Si](C)(C)[Si-](C(=O)C12CC3CC(CC(C3)C1)C2)[Si](C)(C)C. The summed E-state index contributed by atoms with van der Waals surface area (Å²) in [7, 11) is -3.42. The number of rotatable bonds is 4. The Morgan fingerprint density at radius 1 is 0.810 bits per heavy atom. The molecule has 4 heteroatoms. The van der Waals surface area contributed by atoms with E-state index < -0.39 is 23.0 Å². The van der Waals surface area contributed by atoms with Gasteiger partial charge in [-0.25, -0.2) is 7.83 Å². The summed E-state index contributed by atoms with van der Waals surface area (Å²) in [6.45, 7) is 14.9. The minimum absolute atomic E-state index is 0.170. The third kappa shape index (κ3) is 2.80. The van der Waals surface area contributed by atoms with Gasteiger partial charge in [-0.15, -0.1) is 0 Å².